The summed E-state index contributed by atoms with van der Waals surface area (Å²) in [5, 5.41) is 22.6. The minimum Gasteiger partial charge on any atom is -0.207 e. The summed E-state index contributed by atoms with van der Waals surface area (Å²) < 4.78 is 15.6. The summed E-state index contributed by atoms with van der Waals surface area (Å²) >= 11 is 4.53. The van der Waals surface area contributed by atoms with Crippen LogP contribution in [0.2, 0.25) is 0 Å². The van der Waals surface area contributed by atoms with Crippen molar-refractivity contribution in [3.05, 3.63) is 40.9 Å². The lowest BCUT2D eigenvalue weighted by Gasteiger charge is -1.95. The first kappa shape index (κ1) is 14.7. The standard InChI is InChI=1S/C13H9FN6S3/c1-7-15-18-13(22-7)21-6-10-16-17-12-20(10)19-11(23-12)8-2-4-9(14)5-3-8/h2-5H,6H2,1H3. The van der Waals surface area contributed by atoms with Crippen LogP contribution >= 0.6 is 34.4 Å². The van der Waals surface area contributed by atoms with Crippen LogP contribution < -0.4 is 0 Å². The molecule has 3 heterocycles. The summed E-state index contributed by atoms with van der Waals surface area (Å²) in [5.74, 6) is 1.10. The van der Waals surface area contributed by atoms with Gasteiger partial charge in [0, 0.05) is 5.56 Å². The molecule has 0 amide bonds. The predicted octanol–water partition coefficient (Wildman–Crippen LogP) is 3.44. The number of hydrogen-bond acceptors (Lipinski definition) is 8. The average molecular weight is 364 g/mol. The molecule has 0 fully saturated rings. The Morgan fingerprint density at radius 3 is 2.65 bits per heavy atom. The molecule has 23 heavy (non-hydrogen) atoms. The molecule has 4 aromatic rings. The molecule has 1 aromatic carbocycles. The third kappa shape index (κ3) is 2.96. The van der Waals surface area contributed by atoms with Crippen molar-refractivity contribution in [1.29, 1.82) is 0 Å². The van der Waals surface area contributed by atoms with Gasteiger partial charge >= 0.3 is 0 Å². The number of fused-ring (bicyclic) bond motifs is 1. The number of halogens is 1. The lowest BCUT2D eigenvalue weighted by Crippen LogP contribution is -1.94. The van der Waals surface area contributed by atoms with Gasteiger partial charge in [0.25, 0.3) is 0 Å². The lowest BCUT2D eigenvalue weighted by atomic mass is 10.2. The maximum atomic E-state index is 13.0. The van der Waals surface area contributed by atoms with Gasteiger partial charge in [-0.3, -0.25) is 0 Å². The summed E-state index contributed by atoms with van der Waals surface area (Å²) in [5.41, 5.74) is 0.861. The van der Waals surface area contributed by atoms with Crippen molar-refractivity contribution in [3.8, 4) is 10.6 Å². The molecular weight excluding hydrogens is 355 g/mol. The van der Waals surface area contributed by atoms with Gasteiger partial charge in [-0.15, -0.1) is 20.4 Å². The van der Waals surface area contributed by atoms with Crippen LogP contribution in [0.25, 0.3) is 15.5 Å². The first-order valence-electron chi connectivity index (χ1n) is 6.59. The zero-order valence-corrected chi connectivity index (χ0v) is 14.3. The Morgan fingerprint density at radius 1 is 1.09 bits per heavy atom. The Kier molecular flexibility index (Phi) is 3.79. The van der Waals surface area contributed by atoms with E-state index in [9.17, 15) is 4.39 Å². The molecule has 0 aliphatic heterocycles. The quantitative estimate of drug-likeness (QED) is 0.517. The summed E-state index contributed by atoms with van der Waals surface area (Å²) in [6, 6.07) is 6.26. The van der Waals surface area contributed by atoms with Gasteiger partial charge in [0.1, 0.15) is 15.8 Å². The van der Waals surface area contributed by atoms with E-state index >= 15 is 0 Å². The zero-order chi connectivity index (χ0) is 15.8. The summed E-state index contributed by atoms with van der Waals surface area (Å²) in [6.07, 6.45) is 0. The van der Waals surface area contributed by atoms with Crippen LogP contribution in [0.5, 0.6) is 0 Å². The van der Waals surface area contributed by atoms with Crippen molar-refractivity contribution in [2.75, 3.05) is 0 Å². The van der Waals surface area contributed by atoms with Crippen molar-refractivity contribution >= 4 is 39.4 Å². The van der Waals surface area contributed by atoms with Crippen molar-refractivity contribution in [2.24, 2.45) is 0 Å². The minimum atomic E-state index is -0.263. The number of aryl methyl sites for hydroxylation is 1. The Hall–Kier alpha value is -1.91. The highest BCUT2D eigenvalue weighted by molar-refractivity contribution is 8.00. The van der Waals surface area contributed by atoms with Crippen molar-refractivity contribution in [3.63, 3.8) is 0 Å². The fourth-order valence-electron chi connectivity index (χ4n) is 1.92. The molecule has 0 atom stereocenters. The Labute approximate surface area is 142 Å². The average Bonchev–Trinajstić information content (AvgIpc) is 3.22. The van der Waals surface area contributed by atoms with Crippen molar-refractivity contribution < 1.29 is 4.39 Å². The number of rotatable bonds is 4. The summed E-state index contributed by atoms with van der Waals surface area (Å²) in [7, 11) is 0. The molecular formula is C13H9FN6S3. The molecule has 0 N–H and O–H groups in total. The SMILES string of the molecule is Cc1nnc(SCc2nnc3sc(-c4ccc(F)cc4)nn23)s1. The smallest absolute Gasteiger partial charge is 0.207 e. The second kappa shape index (κ2) is 5.95. The van der Waals surface area contributed by atoms with Gasteiger partial charge in [0.05, 0.1) is 5.75 Å². The van der Waals surface area contributed by atoms with E-state index in [1.54, 1.807) is 39.7 Å². The second-order valence-electron chi connectivity index (χ2n) is 4.60. The second-order valence-corrected chi connectivity index (χ2v) is 7.96. The van der Waals surface area contributed by atoms with Gasteiger partial charge in [-0.2, -0.15) is 9.61 Å². The molecule has 4 rings (SSSR count). The Balaban J connectivity index is 1.60. The van der Waals surface area contributed by atoms with E-state index in [0.29, 0.717) is 10.7 Å². The normalized spacial score (nSPS) is 11.4. The summed E-state index contributed by atoms with van der Waals surface area (Å²) in [4.78, 5) is 0.716. The highest BCUT2D eigenvalue weighted by atomic mass is 32.2. The predicted molar refractivity (Wildman–Crippen MR) is 88.3 cm³/mol. The van der Waals surface area contributed by atoms with E-state index in [4.69, 9.17) is 0 Å². The van der Waals surface area contributed by atoms with Gasteiger partial charge in [-0.1, -0.05) is 34.4 Å². The monoisotopic (exact) mass is 364 g/mol. The third-order valence-corrected chi connectivity index (χ3v) is 5.89. The van der Waals surface area contributed by atoms with Crippen molar-refractivity contribution in [1.82, 2.24) is 30.0 Å². The Morgan fingerprint density at radius 2 is 1.91 bits per heavy atom. The van der Waals surface area contributed by atoms with E-state index in [1.807, 2.05) is 6.92 Å². The molecule has 6 nitrogen and oxygen atoms in total. The maximum Gasteiger partial charge on any atom is 0.235 e. The molecule has 10 heteroatoms. The van der Waals surface area contributed by atoms with Gasteiger partial charge in [0.15, 0.2) is 10.2 Å². The number of thioether (sulfide) groups is 1. The van der Waals surface area contributed by atoms with Crippen LogP contribution in [-0.2, 0) is 5.75 Å². The highest BCUT2D eigenvalue weighted by Gasteiger charge is 2.14. The molecule has 0 spiro atoms. The number of hydrogen-bond donors (Lipinski definition) is 0. The molecule has 3 aromatic heterocycles. The van der Waals surface area contributed by atoms with E-state index in [1.165, 1.54) is 23.5 Å². The van der Waals surface area contributed by atoms with Crippen LogP contribution in [0.4, 0.5) is 4.39 Å². The van der Waals surface area contributed by atoms with Gasteiger partial charge < -0.3 is 0 Å². The van der Waals surface area contributed by atoms with Crippen LogP contribution in [0.3, 0.4) is 0 Å². The van der Waals surface area contributed by atoms with Gasteiger partial charge in [-0.25, -0.2) is 4.39 Å². The molecule has 0 aliphatic rings. The molecule has 0 radical (unpaired) electrons. The number of benzene rings is 1. The molecule has 0 saturated carbocycles. The topological polar surface area (TPSA) is 68.9 Å². The molecule has 116 valence electrons. The van der Waals surface area contributed by atoms with E-state index < -0.39 is 0 Å². The molecule has 0 aliphatic carbocycles. The lowest BCUT2D eigenvalue weighted by molar-refractivity contribution is 0.628. The van der Waals surface area contributed by atoms with E-state index in [0.717, 1.165) is 25.7 Å². The summed E-state index contributed by atoms with van der Waals surface area (Å²) in [6.45, 7) is 1.92. The highest BCUT2D eigenvalue weighted by Crippen LogP contribution is 2.28. The first-order valence-corrected chi connectivity index (χ1v) is 9.21. The van der Waals surface area contributed by atoms with Crippen molar-refractivity contribution in [2.45, 2.75) is 17.0 Å². The van der Waals surface area contributed by atoms with E-state index in [-0.39, 0.29) is 5.82 Å². The van der Waals surface area contributed by atoms with Crippen LogP contribution in [0, 0.1) is 12.7 Å². The first-order chi connectivity index (χ1) is 11.2. The number of aromatic nitrogens is 6. The Bertz CT molecular complexity index is 958. The van der Waals surface area contributed by atoms with Crippen LogP contribution in [0.1, 0.15) is 10.8 Å². The zero-order valence-electron chi connectivity index (χ0n) is 11.8. The van der Waals surface area contributed by atoms with Crippen LogP contribution in [-0.4, -0.2) is 30.0 Å². The van der Waals surface area contributed by atoms with Gasteiger partial charge in [-0.05, 0) is 31.2 Å². The molecule has 0 unspecified atom stereocenters. The largest absolute Gasteiger partial charge is 0.235 e. The van der Waals surface area contributed by atoms with E-state index in [2.05, 4.69) is 25.5 Å². The molecule has 0 bridgehead atoms. The fraction of sp³-hybridized carbons (Fsp3) is 0.154. The van der Waals surface area contributed by atoms with Crippen LogP contribution in [0.15, 0.2) is 28.6 Å². The van der Waals surface area contributed by atoms with Gasteiger partial charge in [0.2, 0.25) is 4.96 Å². The fourth-order valence-corrected chi connectivity index (χ4v) is 4.50. The molecule has 0 saturated heterocycles. The minimum absolute atomic E-state index is 0.263. The maximum absolute atomic E-state index is 13.0. The number of nitrogens with zero attached hydrogens (tertiary/aromatic N) is 6. The third-order valence-electron chi connectivity index (χ3n) is 2.98.